The van der Waals surface area contributed by atoms with E-state index in [0.29, 0.717) is 0 Å². The SMILES string of the molecule is C=CC(C)(O)c1cc(NC(=O)C(F)(F)F)ccc1F. The lowest BCUT2D eigenvalue weighted by molar-refractivity contribution is -0.167. The Labute approximate surface area is 106 Å². The normalized spacial score (nSPS) is 14.6. The molecule has 0 aromatic heterocycles. The van der Waals surface area contributed by atoms with Crippen LogP contribution in [0, 0.1) is 5.82 Å². The highest BCUT2D eigenvalue weighted by Crippen LogP contribution is 2.28. The summed E-state index contributed by atoms with van der Waals surface area (Å²) in [5.41, 5.74) is -2.33. The van der Waals surface area contributed by atoms with E-state index in [1.54, 1.807) is 5.32 Å². The molecule has 0 aliphatic carbocycles. The van der Waals surface area contributed by atoms with Crippen LogP contribution in [0.25, 0.3) is 0 Å². The quantitative estimate of drug-likeness (QED) is 0.659. The summed E-state index contributed by atoms with van der Waals surface area (Å²) in [6.07, 6.45) is -4.02. The van der Waals surface area contributed by atoms with Crippen molar-refractivity contribution < 1.29 is 27.5 Å². The summed E-state index contributed by atoms with van der Waals surface area (Å²) in [5, 5.41) is 11.4. The zero-order chi connectivity index (χ0) is 14.8. The van der Waals surface area contributed by atoms with Crippen LogP contribution in [-0.2, 0) is 10.4 Å². The van der Waals surface area contributed by atoms with Crippen LogP contribution in [0.3, 0.4) is 0 Å². The molecule has 0 spiro atoms. The van der Waals surface area contributed by atoms with Gasteiger partial charge in [0, 0.05) is 11.3 Å². The zero-order valence-corrected chi connectivity index (χ0v) is 9.88. The van der Waals surface area contributed by atoms with Gasteiger partial charge in [0.1, 0.15) is 11.4 Å². The number of nitrogens with one attached hydrogen (secondary N) is 1. The topological polar surface area (TPSA) is 49.3 Å². The lowest BCUT2D eigenvalue weighted by atomic mass is 9.95. The van der Waals surface area contributed by atoms with Gasteiger partial charge >= 0.3 is 12.1 Å². The van der Waals surface area contributed by atoms with Crippen molar-refractivity contribution in [1.29, 1.82) is 0 Å². The van der Waals surface area contributed by atoms with Gasteiger partial charge in [-0.15, -0.1) is 0 Å². The van der Waals surface area contributed by atoms with E-state index in [0.717, 1.165) is 24.3 Å². The van der Waals surface area contributed by atoms with E-state index in [1.807, 2.05) is 0 Å². The van der Waals surface area contributed by atoms with Crippen molar-refractivity contribution in [2.75, 3.05) is 5.32 Å². The van der Waals surface area contributed by atoms with Crippen molar-refractivity contribution in [1.82, 2.24) is 0 Å². The molecule has 0 saturated carbocycles. The monoisotopic (exact) mass is 277 g/mol. The highest BCUT2D eigenvalue weighted by molar-refractivity contribution is 5.94. The maximum absolute atomic E-state index is 13.5. The summed E-state index contributed by atoms with van der Waals surface area (Å²) in [7, 11) is 0. The average molecular weight is 277 g/mol. The van der Waals surface area contributed by atoms with Crippen molar-refractivity contribution in [2.24, 2.45) is 0 Å². The van der Waals surface area contributed by atoms with Gasteiger partial charge in [0.25, 0.3) is 0 Å². The molecule has 1 amide bonds. The summed E-state index contributed by atoms with van der Waals surface area (Å²) in [6.45, 7) is 4.51. The van der Waals surface area contributed by atoms with E-state index in [1.165, 1.54) is 6.92 Å². The molecule has 0 bridgehead atoms. The molecule has 0 aliphatic heterocycles. The maximum Gasteiger partial charge on any atom is 0.471 e. The van der Waals surface area contributed by atoms with Crippen LogP contribution in [0.4, 0.5) is 23.2 Å². The molecule has 7 heteroatoms. The second-order valence-corrected chi connectivity index (χ2v) is 4.00. The van der Waals surface area contributed by atoms with Crippen LogP contribution in [0.2, 0.25) is 0 Å². The molecule has 2 N–H and O–H groups in total. The molecule has 0 saturated heterocycles. The summed E-state index contributed by atoms with van der Waals surface area (Å²) in [5.74, 6) is -3.00. The van der Waals surface area contributed by atoms with E-state index >= 15 is 0 Å². The third-order valence-electron chi connectivity index (χ3n) is 2.42. The van der Waals surface area contributed by atoms with Crippen LogP contribution in [0.15, 0.2) is 30.9 Å². The van der Waals surface area contributed by atoms with E-state index in [4.69, 9.17) is 0 Å². The number of carbonyl (C=O) groups excluding carboxylic acids is 1. The van der Waals surface area contributed by atoms with Crippen LogP contribution in [0.1, 0.15) is 12.5 Å². The van der Waals surface area contributed by atoms with E-state index < -0.39 is 23.5 Å². The van der Waals surface area contributed by atoms with Gasteiger partial charge in [-0.05, 0) is 25.1 Å². The molecule has 0 aliphatic rings. The molecule has 1 atom stereocenters. The fourth-order valence-electron chi connectivity index (χ4n) is 1.30. The summed E-state index contributed by atoms with van der Waals surface area (Å²) < 4.78 is 49.7. The molecule has 19 heavy (non-hydrogen) atoms. The molecule has 104 valence electrons. The number of aliphatic hydroxyl groups is 1. The van der Waals surface area contributed by atoms with Gasteiger partial charge in [0.15, 0.2) is 0 Å². The lowest BCUT2D eigenvalue weighted by Crippen LogP contribution is -2.30. The molecule has 0 fully saturated rings. The number of hydrogen-bond acceptors (Lipinski definition) is 2. The first-order chi connectivity index (χ1) is 8.58. The standard InChI is InChI=1S/C12H11F4NO2/c1-3-11(2,19)8-6-7(4-5-9(8)13)17-10(18)12(14,15)16/h3-6,19H,1H2,2H3,(H,17,18). The molecule has 1 rings (SSSR count). The first-order valence-electron chi connectivity index (χ1n) is 5.12. The van der Waals surface area contributed by atoms with Gasteiger partial charge in [-0.2, -0.15) is 13.2 Å². The van der Waals surface area contributed by atoms with Gasteiger partial charge in [0.2, 0.25) is 0 Å². The van der Waals surface area contributed by atoms with Crippen molar-refractivity contribution in [3.63, 3.8) is 0 Å². The van der Waals surface area contributed by atoms with Gasteiger partial charge in [-0.3, -0.25) is 4.79 Å². The molecule has 1 unspecified atom stereocenters. The number of carbonyl (C=O) groups is 1. The summed E-state index contributed by atoms with van der Waals surface area (Å²) in [4.78, 5) is 10.7. The number of anilines is 1. The number of hydrogen-bond donors (Lipinski definition) is 2. The zero-order valence-electron chi connectivity index (χ0n) is 9.88. The maximum atomic E-state index is 13.5. The van der Waals surface area contributed by atoms with Crippen molar-refractivity contribution >= 4 is 11.6 Å². The Balaban J connectivity index is 3.11. The molecule has 3 nitrogen and oxygen atoms in total. The molecular weight excluding hydrogens is 266 g/mol. The van der Waals surface area contributed by atoms with Crippen molar-refractivity contribution in [2.45, 2.75) is 18.7 Å². The van der Waals surface area contributed by atoms with Crippen LogP contribution < -0.4 is 5.32 Å². The highest BCUT2D eigenvalue weighted by atomic mass is 19.4. The largest absolute Gasteiger partial charge is 0.471 e. The van der Waals surface area contributed by atoms with Gasteiger partial charge in [-0.1, -0.05) is 12.7 Å². The molecule has 1 aromatic rings. The van der Waals surface area contributed by atoms with Crippen molar-refractivity contribution in [3.8, 4) is 0 Å². The second kappa shape index (κ2) is 5.00. The molecular formula is C12H11F4NO2. The molecule has 0 radical (unpaired) electrons. The van der Waals surface area contributed by atoms with E-state index in [2.05, 4.69) is 6.58 Å². The summed E-state index contributed by atoms with van der Waals surface area (Å²) in [6, 6.07) is 2.72. The predicted octanol–water partition coefficient (Wildman–Crippen LogP) is 2.72. The molecule has 1 aromatic carbocycles. The third kappa shape index (κ3) is 3.54. The number of rotatable bonds is 3. The van der Waals surface area contributed by atoms with Gasteiger partial charge in [0.05, 0.1) is 0 Å². The Kier molecular flexibility index (Phi) is 4.00. The lowest BCUT2D eigenvalue weighted by Gasteiger charge is -2.20. The minimum Gasteiger partial charge on any atom is -0.381 e. The summed E-state index contributed by atoms with van der Waals surface area (Å²) >= 11 is 0. The third-order valence-corrected chi connectivity index (χ3v) is 2.42. The number of alkyl halides is 3. The highest BCUT2D eigenvalue weighted by Gasteiger charge is 2.38. The minimum absolute atomic E-state index is 0.277. The Morgan fingerprint density at radius 3 is 2.47 bits per heavy atom. The van der Waals surface area contributed by atoms with Gasteiger partial charge < -0.3 is 10.4 Å². The predicted molar refractivity (Wildman–Crippen MR) is 60.9 cm³/mol. The second-order valence-electron chi connectivity index (χ2n) is 4.00. The fraction of sp³-hybridized carbons (Fsp3) is 0.250. The Morgan fingerprint density at radius 1 is 1.42 bits per heavy atom. The number of halogens is 4. The van der Waals surface area contributed by atoms with E-state index in [9.17, 15) is 27.5 Å². The Hall–Kier alpha value is -1.89. The minimum atomic E-state index is -5.05. The van der Waals surface area contributed by atoms with Crippen LogP contribution in [0.5, 0.6) is 0 Å². The number of benzene rings is 1. The Morgan fingerprint density at radius 2 is 2.00 bits per heavy atom. The van der Waals surface area contributed by atoms with Crippen LogP contribution in [-0.4, -0.2) is 17.2 Å². The average Bonchev–Trinajstić information content (AvgIpc) is 2.30. The van der Waals surface area contributed by atoms with Crippen LogP contribution >= 0.6 is 0 Å². The first-order valence-corrected chi connectivity index (χ1v) is 5.12. The first kappa shape index (κ1) is 15.2. The van der Waals surface area contributed by atoms with Gasteiger partial charge in [-0.25, -0.2) is 4.39 Å². The number of amides is 1. The smallest absolute Gasteiger partial charge is 0.381 e. The molecule has 0 heterocycles. The Bertz CT molecular complexity index is 509. The fourth-order valence-corrected chi connectivity index (χ4v) is 1.30. The van der Waals surface area contributed by atoms with Crippen molar-refractivity contribution in [3.05, 3.63) is 42.2 Å². The van der Waals surface area contributed by atoms with E-state index in [-0.39, 0.29) is 11.3 Å².